The molecule has 0 heterocycles. The van der Waals surface area contributed by atoms with Gasteiger partial charge in [0.1, 0.15) is 5.54 Å². The standard InChI is InChI=1S/C12H21NO3/c1-5-11(2,3)9(14)13-12(4,10(15)16)8-6-7-8/h8H,5-7H2,1-4H3,(H,13,14)(H,15,16). The molecule has 1 saturated carbocycles. The van der Waals surface area contributed by atoms with Gasteiger partial charge in [0.25, 0.3) is 0 Å². The van der Waals surface area contributed by atoms with Gasteiger partial charge in [0.15, 0.2) is 0 Å². The molecule has 1 atom stereocenters. The van der Waals surface area contributed by atoms with Crippen LogP contribution in [0.3, 0.4) is 0 Å². The average molecular weight is 227 g/mol. The molecule has 92 valence electrons. The second-order valence-electron chi connectivity index (χ2n) is 5.47. The first-order valence-corrected chi connectivity index (χ1v) is 5.80. The van der Waals surface area contributed by atoms with E-state index in [1.54, 1.807) is 6.92 Å². The molecule has 0 bridgehead atoms. The summed E-state index contributed by atoms with van der Waals surface area (Å²) >= 11 is 0. The topological polar surface area (TPSA) is 66.4 Å². The van der Waals surface area contributed by atoms with E-state index < -0.39 is 16.9 Å². The van der Waals surface area contributed by atoms with Gasteiger partial charge in [-0.05, 0) is 32.1 Å². The largest absolute Gasteiger partial charge is 0.480 e. The average Bonchev–Trinajstić information content (AvgIpc) is 3.00. The molecule has 1 aliphatic carbocycles. The smallest absolute Gasteiger partial charge is 0.329 e. The Kier molecular flexibility index (Phi) is 3.31. The van der Waals surface area contributed by atoms with Crippen molar-refractivity contribution in [3.05, 3.63) is 0 Å². The quantitative estimate of drug-likeness (QED) is 0.752. The lowest BCUT2D eigenvalue weighted by Crippen LogP contribution is -2.56. The molecule has 4 nitrogen and oxygen atoms in total. The molecule has 1 unspecified atom stereocenters. The Labute approximate surface area is 96.4 Å². The molecule has 16 heavy (non-hydrogen) atoms. The molecule has 0 aliphatic heterocycles. The molecule has 0 spiro atoms. The highest BCUT2D eigenvalue weighted by Crippen LogP contribution is 2.40. The van der Waals surface area contributed by atoms with E-state index in [-0.39, 0.29) is 11.8 Å². The molecular formula is C12H21NO3. The number of carboxylic acids is 1. The van der Waals surface area contributed by atoms with Crippen molar-refractivity contribution in [2.75, 3.05) is 0 Å². The van der Waals surface area contributed by atoms with Gasteiger partial charge in [-0.15, -0.1) is 0 Å². The first kappa shape index (κ1) is 13.0. The summed E-state index contributed by atoms with van der Waals surface area (Å²) in [4.78, 5) is 23.2. The van der Waals surface area contributed by atoms with Crippen LogP contribution in [0.15, 0.2) is 0 Å². The van der Waals surface area contributed by atoms with Crippen LogP contribution in [0.2, 0.25) is 0 Å². The predicted molar refractivity (Wildman–Crippen MR) is 61.0 cm³/mol. The molecule has 1 rings (SSSR count). The van der Waals surface area contributed by atoms with Gasteiger partial charge in [0, 0.05) is 5.41 Å². The molecule has 4 heteroatoms. The Morgan fingerprint density at radius 1 is 1.31 bits per heavy atom. The van der Waals surface area contributed by atoms with E-state index in [9.17, 15) is 14.7 Å². The van der Waals surface area contributed by atoms with Crippen molar-refractivity contribution >= 4 is 11.9 Å². The number of aliphatic carboxylic acids is 1. The maximum absolute atomic E-state index is 12.0. The summed E-state index contributed by atoms with van der Waals surface area (Å²) in [6.45, 7) is 7.19. The van der Waals surface area contributed by atoms with Crippen molar-refractivity contribution in [3.63, 3.8) is 0 Å². The van der Waals surface area contributed by atoms with Crippen LogP contribution in [0, 0.1) is 11.3 Å². The van der Waals surface area contributed by atoms with Crippen molar-refractivity contribution in [1.82, 2.24) is 5.32 Å². The molecule has 2 N–H and O–H groups in total. The van der Waals surface area contributed by atoms with E-state index in [1.807, 2.05) is 20.8 Å². The minimum absolute atomic E-state index is 0.0848. The van der Waals surface area contributed by atoms with E-state index >= 15 is 0 Å². The molecule has 0 aromatic carbocycles. The zero-order valence-electron chi connectivity index (χ0n) is 10.5. The molecular weight excluding hydrogens is 206 g/mol. The lowest BCUT2D eigenvalue weighted by Gasteiger charge is -2.31. The Hall–Kier alpha value is -1.06. The Morgan fingerprint density at radius 2 is 1.81 bits per heavy atom. The first-order chi connectivity index (χ1) is 7.24. The van der Waals surface area contributed by atoms with E-state index in [1.165, 1.54) is 0 Å². The van der Waals surface area contributed by atoms with Crippen molar-refractivity contribution < 1.29 is 14.7 Å². The van der Waals surface area contributed by atoms with Crippen LogP contribution in [0.4, 0.5) is 0 Å². The second-order valence-corrected chi connectivity index (χ2v) is 5.47. The normalized spacial score (nSPS) is 20.0. The minimum Gasteiger partial charge on any atom is -0.480 e. The molecule has 0 radical (unpaired) electrons. The number of carboxylic acid groups (broad SMARTS) is 1. The summed E-state index contributed by atoms with van der Waals surface area (Å²) in [5.41, 5.74) is -1.60. The second kappa shape index (κ2) is 4.07. The summed E-state index contributed by atoms with van der Waals surface area (Å²) in [5.74, 6) is -1.02. The number of hydrogen-bond donors (Lipinski definition) is 2. The zero-order valence-corrected chi connectivity index (χ0v) is 10.5. The van der Waals surface area contributed by atoms with E-state index in [2.05, 4.69) is 5.32 Å². The highest BCUT2D eigenvalue weighted by atomic mass is 16.4. The number of carbonyl (C=O) groups is 2. The number of hydrogen-bond acceptors (Lipinski definition) is 2. The van der Waals surface area contributed by atoms with Crippen LogP contribution in [0.5, 0.6) is 0 Å². The van der Waals surface area contributed by atoms with Gasteiger partial charge in [0.2, 0.25) is 5.91 Å². The summed E-state index contributed by atoms with van der Waals surface area (Å²) in [6.07, 6.45) is 2.46. The fraction of sp³-hybridized carbons (Fsp3) is 0.833. The van der Waals surface area contributed by atoms with Crippen molar-refractivity contribution in [2.45, 2.75) is 52.5 Å². The Balaban J connectivity index is 2.77. The monoisotopic (exact) mass is 227 g/mol. The van der Waals surface area contributed by atoms with Crippen molar-refractivity contribution in [1.29, 1.82) is 0 Å². The lowest BCUT2D eigenvalue weighted by molar-refractivity contribution is -0.149. The third-order valence-corrected chi connectivity index (χ3v) is 3.71. The molecule has 0 aromatic heterocycles. The van der Waals surface area contributed by atoms with Gasteiger partial charge in [-0.2, -0.15) is 0 Å². The SMILES string of the molecule is CCC(C)(C)C(=O)NC(C)(C(=O)O)C1CC1. The maximum Gasteiger partial charge on any atom is 0.329 e. The Bertz CT molecular complexity index is 307. The Morgan fingerprint density at radius 3 is 2.12 bits per heavy atom. The number of rotatable bonds is 5. The number of carbonyl (C=O) groups excluding carboxylic acids is 1. The van der Waals surface area contributed by atoms with Crippen molar-refractivity contribution in [3.8, 4) is 0 Å². The molecule has 1 aliphatic rings. The van der Waals surface area contributed by atoms with Crippen LogP contribution < -0.4 is 5.32 Å². The minimum atomic E-state index is -1.09. The highest BCUT2D eigenvalue weighted by molar-refractivity contribution is 5.89. The summed E-state index contributed by atoms with van der Waals surface area (Å²) in [6, 6.07) is 0. The fourth-order valence-electron chi connectivity index (χ4n) is 1.56. The maximum atomic E-state index is 12.0. The molecule has 1 fully saturated rings. The number of nitrogens with one attached hydrogen (secondary N) is 1. The van der Waals surface area contributed by atoms with E-state index in [0.29, 0.717) is 6.42 Å². The van der Waals surface area contributed by atoms with Gasteiger partial charge >= 0.3 is 5.97 Å². The van der Waals surface area contributed by atoms with Gasteiger partial charge < -0.3 is 10.4 Å². The molecule has 0 aromatic rings. The third kappa shape index (κ3) is 2.36. The molecule has 1 amide bonds. The first-order valence-electron chi connectivity index (χ1n) is 5.80. The van der Waals surface area contributed by atoms with E-state index in [4.69, 9.17) is 0 Å². The summed E-state index contributed by atoms with van der Waals surface area (Å²) in [5, 5.41) is 11.9. The van der Waals surface area contributed by atoms with Gasteiger partial charge in [-0.3, -0.25) is 4.79 Å². The lowest BCUT2D eigenvalue weighted by atomic mass is 9.86. The van der Waals surface area contributed by atoms with Crippen LogP contribution in [0.1, 0.15) is 47.0 Å². The summed E-state index contributed by atoms with van der Waals surface area (Å²) < 4.78 is 0. The van der Waals surface area contributed by atoms with Crippen LogP contribution >= 0.6 is 0 Å². The van der Waals surface area contributed by atoms with Gasteiger partial charge in [-0.1, -0.05) is 20.8 Å². The summed E-state index contributed by atoms with van der Waals surface area (Å²) in [7, 11) is 0. The van der Waals surface area contributed by atoms with Crippen LogP contribution in [-0.4, -0.2) is 22.5 Å². The van der Waals surface area contributed by atoms with Crippen LogP contribution in [0.25, 0.3) is 0 Å². The van der Waals surface area contributed by atoms with Crippen LogP contribution in [-0.2, 0) is 9.59 Å². The third-order valence-electron chi connectivity index (χ3n) is 3.71. The van der Waals surface area contributed by atoms with E-state index in [0.717, 1.165) is 12.8 Å². The predicted octanol–water partition coefficient (Wildman–Crippen LogP) is 1.79. The fourth-order valence-corrected chi connectivity index (χ4v) is 1.56. The van der Waals surface area contributed by atoms with Crippen molar-refractivity contribution in [2.24, 2.45) is 11.3 Å². The number of amides is 1. The highest BCUT2D eigenvalue weighted by Gasteiger charge is 2.49. The van der Waals surface area contributed by atoms with Gasteiger partial charge in [-0.25, -0.2) is 4.79 Å². The molecule has 0 saturated heterocycles. The zero-order chi connectivity index (χ0) is 12.6. The van der Waals surface area contributed by atoms with Gasteiger partial charge in [0.05, 0.1) is 0 Å².